The number of halogens is 2. The van der Waals surface area contributed by atoms with Crippen LogP contribution in [-0.4, -0.2) is 37.9 Å². The maximum Gasteiger partial charge on any atom is 0.313 e. The van der Waals surface area contributed by atoms with Gasteiger partial charge in [-0.25, -0.2) is 8.78 Å². The molecule has 0 aliphatic rings. The quantitative estimate of drug-likeness (QED) is 0.523. The predicted molar refractivity (Wildman–Crippen MR) is 90.2 cm³/mol. The lowest BCUT2D eigenvalue weighted by atomic mass is 10.2. The van der Waals surface area contributed by atoms with Gasteiger partial charge in [-0.2, -0.15) is 9.78 Å². The zero-order valence-corrected chi connectivity index (χ0v) is 14.2. The Morgan fingerprint density at radius 3 is 2.81 bits per heavy atom. The van der Waals surface area contributed by atoms with Crippen molar-refractivity contribution in [3.8, 4) is 11.4 Å². The SMILES string of the molecule is Cc1occc1-c1nnc(SCC(=O)O)n1/N=C\c1ccc(F)c(F)c1. The molecule has 0 saturated carbocycles. The van der Waals surface area contributed by atoms with Crippen LogP contribution in [-0.2, 0) is 4.79 Å². The van der Waals surface area contributed by atoms with Gasteiger partial charge >= 0.3 is 5.97 Å². The van der Waals surface area contributed by atoms with Gasteiger partial charge in [0.1, 0.15) is 5.76 Å². The van der Waals surface area contributed by atoms with E-state index in [9.17, 15) is 13.6 Å². The summed E-state index contributed by atoms with van der Waals surface area (Å²) in [4.78, 5) is 10.8. The molecular formula is C16H12F2N4O3S. The summed E-state index contributed by atoms with van der Waals surface area (Å²) in [7, 11) is 0. The van der Waals surface area contributed by atoms with Crippen LogP contribution < -0.4 is 0 Å². The van der Waals surface area contributed by atoms with E-state index in [-0.39, 0.29) is 10.9 Å². The number of aliphatic carboxylic acids is 1. The summed E-state index contributed by atoms with van der Waals surface area (Å²) in [6.45, 7) is 1.73. The summed E-state index contributed by atoms with van der Waals surface area (Å²) in [5.74, 6) is -2.29. The van der Waals surface area contributed by atoms with E-state index >= 15 is 0 Å². The minimum atomic E-state index is -1.02. The molecule has 3 aromatic rings. The maximum absolute atomic E-state index is 13.3. The van der Waals surface area contributed by atoms with Crippen LogP contribution in [0.5, 0.6) is 0 Å². The second-order valence-electron chi connectivity index (χ2n) is 5.11. The van der Waals surface area contributed by atoms with Crippen molar-refractivity contribution in [1.29, 1.82) is 0 Å². The van der Waals surface area contributed by atoms with E-state index in [1.807, 2.05) is 0 Å². The normalized spacial score (nSPS) is 11.3. The van der Waals surface area contributed by atoms with Gasteiger partial charge in [-0.15, -0.1) is 10.2 Å². The third-order valence-corrected chi connectivity index (χ3v) is 4.21. The van der Waals surface area contributed by atoms with Crippen molar-refractivity contribution in [2.45, 2.75) is 12.1 Å². The predicted octanol–water partition coefficient (Wildman–Crippen LogP) is 3.18. The molecule has 2 aromatic heterocycles. The highest BCUT2D eigenvalue weighted by atomic mass is 32.2. The summed E-state index contributed by atoms with van der Waals surface area (Å²) in [6.07, 6.45) is 2.78. The Labute approximate surface area is 150 Å². The van der Waals surface area contributed by atoms with Gasteiger partial charge < -0.3 is 9.52 Å². The Bertz CT molecular complexity index is 984. The summed E-state index contributed by atoms with van der Waals surface area (Å²) < 4.78 is 32.9. The number of aromatic nitrogens is 3. The maximum atomic E-state index is 13.3. The van der Waals surface area contributed by atoms with Gasteiger partial charge in [0.15, 0.2) is 17.5 Å². The van der Waals surface area contributed by atoms with Crippen LogP contribution in [0, 0.1) is 18.6 Å². The minimum absolute atomic E-state index is 0.233. The van der Waals surface area contributed by atoms with Crippen LogP contribution in [0.25, 0.3) is 11.4 Å². The van der Waals surface area contributed by atoms with Crippen molar-refractivity contribution in [2.24, 2.45) is 5.10 Å². The summed E-state index contributed by atoms with van der Waals surface area (Å²) >= 11 is 0.931. The number of rotatable bonds is 6. The fraction of sp³-hybridized carbons (Fsp3) is 0.125. The second-order valence-corrected chi connectivity index (χ2v) is 6.05. The molecule has 0 fully saturated rings. The lowest BCUT2D eigenvalue weighted by Gasteiger charge is -2.03. The van der Waals surface area contributed by atoms with E-state index in [0.29, 0.717) is 22.7 Å². The first kappa shape index (κ1) is 17.8. The van der Waals surface area contributed by atoms with Gasteiger partial charge in [-0.05, 0) is 30.7 Å². The molecule has 10 heteroatoms. The molecule has 3 rings (SSSR count). The van der Waals surface area contributed by atoms with E-state index in [1.165, 1.54) is 23.2 Å². The number of nitrogens with zero attached hydrogens (tertiary/aromatic N) is 4. The van der Waals surface area contributed by atoms with Crippen molar-refractivity contribution >= 4 is 23.9 Å². The molecule has 0 radical (unpaired) electrons. The van der Waals surface area contributed by atoms with Crippen LogP contribution in [0.4, 0.5) is 8.78 Å². The molecule has 7 nitrogen and oxygen atoms in total. The van der Waals surface area contributed by atoms with E-state index in [4.69, 9.17) is 9.52 Å². The van der Waals surface area contributed by atoms with Crippen molar-refractivity contribution in [2.75, 3.05) is 5.75 Å². The third-order valence-electron chi connectivity index (χ3n) is 3.30. The molecule has 0 bridgehead atoms. The highest BCUT2D eigenvalue weighted by Gasteiger charge is 2.18. The lowest BCUT2D eigenvalue weighted by molar-refractivity contribution is -0.133. The number of furan rings is 1. The van der Waals surface area contributed by atoms with E-state index in [2.05, 4.69) is 15.3 Å². The van der Waals surface area contributed by atoms with Crippen LogP contribution in [0.2, 0.25) is 0 Å². The zero-order chi connectivity index (χ0) is 18.7. The molecule has 0 aliphatic carbocycles. The average Bonchev–Trinajstić information content (AvgIpc) is 3.19. The van der Waals surface area contributed by atoms with Gasteiger partial charge in [-0.1, -0.05) is 17.8 Å². The Kier molecular flexibility index (Phi) is 5.12. The largest absolute Gasteiger partial charge is 0.481 e. The Morgan fingerprint density at radius 1 is 1.35 bits per heavy atom. The summed E-state index contributed by atoms with van der Waals surface area (Å²) in [5, 5.41) is 21.3. The number of aryl methyl sites for hydroxylation is 1. The van der Waals surface area contributed by atoms with Crippen LogP contribution in [0.3, 0.4) is 0 Å². The van der Waals surface area contributed by atoms with Gasteiger partial charge in [0, 0.05) is 0 Å². The van der Waals surface area contributed by atoms with Gasteiger partial charge in [0.05, 0.1) is 23.8 Å². The standard InChI is InChI=1S/C16H12F2N4O3S/c1-9-11(4-5-25-9)15-20-21-16(26-8-14(23)24)22(15)19-7-10-2-3-12(17)13(18)6-10/h2-7H,8H2,1H3,(H,23,24)/b19-7-. The molecule has 134 valence electrons. The topological polar surface area (TPSA) is 93.5 Å². The highest BCUT2D eigenvalue weighted by Crippen LogP contribution is 2.27. The van der Waals surface area contributed by atoms with Gasteiger partial charge in [-0.3, -0.25) is 4.79 Å². The fourth-order valence-corrected chi connectivity index (χ4v) is 2.69. The van der Waals surface area contributed by atoms with E-state index < -0.39 is 17.6 Å². The number of hydrogen-bond acceptors (Lipinski definition) is 6. The molecular weight excluding hydrogens is 366 g/mol. The molecule has 0 atom stereocenters. The molecule has 0 saturated heterocycles. The molecule has 2 heterocycles. The van der Waals surface area contributed by atoms with Crippen LogP contribution in [0.15, 0.2) is 45.2 Å². The first-order chi connectivity index (χ1) is 12.5. The number of thioether (sulfide) groups is 1. The number of carboxylic acid groups (broad SMARTS) is 1. The van der Waals surface area contributed by atoms with Crippen LogP contribution >= 0.6 is 11.8 Å². The monoisotopic (exact) mass is 378 g/mol. The first-order valence-electron chi connectivity index (χ1n) is 7.29. The molecule has 0 amide bonds. The van der Waals surface area contributed by atoms with Gasteiger partial charge in [0.25, 0.3) is 0 Å². The Hall–Kier alpha value is -3.01. The molecule has 0 spiro atoms. The second kappa shape index (κ2) is 7.48. The van der Waals surface area contributed by atoms with E-state index in [0.717, 1.165) is 23.9 Å². The van der Waals surface area contributed by atoms with Crippen molar-refractivity contribution in [3.05, 3.63) is 53.5 Å². The minimum Gasteiger partial charge on any atom is -0.481 e. The third kappa shape index (κ3) is 3.80. The summed E-state index contributed by atoms with van der Waals surface area (Å²) in [6, 6.07) is 5.02. The average molecular weight is 378 g/mol. The number of carboxylic acids is 1. The number of benzene rings is 1. The first-order valence-corrected chi connectivity index (χ1v) is 8.28. The van der Waals surface area contributed by atoms with Crippen LogP contribution in [0.1, 0.15) is 11.3 Å². The highest BCUT2D eigenvalue weighted by molar-refractivity contribution is 7.99. The summed E-state index contributed by atoms with van der Waals surface area (Å²) in [5.41, 5.74) is 0.948. The molecule has 26 heavy (non-hydrogen) atoms. The molecule has 1 N–H and O–H groups in total. The lowest BCUT2D eigenvalue weighted by Crippen LogP contribution is -2.02. The van der Waals surface area contributed by atoms with Crippen molar-refractivity contribution in [1.82, 2.24) is 14.9 Å². The molecule has 0 unspecified atom stereocenters. The molecule has 1 aromatic carbocycles. The Morgan fingerprint density at radius 2 is 2.15 bits per heavy atom. The smallest absolute Gasteiger partial charge is 0.313 e. The zero-order valence-electron chi connectivity index (χ0n) is 13.4. The van der Waals surface area contributed by atoms with Gasteiger partial charge in [0.2, 0.25) is 5.16 Å². The van der Waals surface area contributed by atoms with Crippen molar-refractivity contribution < 1.29 is 23.1 Å². The fourth-order valence-electron chi connectivity index (χ4n) is 2.09. The number of hydrogen-bond donors (Lipinski definition) is 1. The van der Waals surface area contributed by atoms with E-state index in [1.54, 1.807) is 13.0 Å². The Balaban J connectivity index is 2.00. The molecule has 0 aliphatic heterocycles. The number of carbonyl (C=O) groups is 1. The van der Waals surface area contributed by atoms with Crippen molar-refractivity contribution in [3.63, 3.8) is 0 Å².